The molecule has 116 valence electrons. The second kappa shape index (κ2) is 7.20. The molecule has 0 fully saturated rings. The number of halogens is 1. The van der Waals surface area contributed by atoms with E-state index < -0.39 is 14.6 Å². The Bertz CT molecular complexity index is 646. The van der Waals surface area contributed by atoms with E-state index in [9.17, 15) is 8.42 Å². The largest absolute Gasteiger partial charge is 0.491 e. The molecular formula is C16H21ClO3S. The Kier molecular flexibility index (Phi) is 6.12. The number of hydrogen-bond donors (Lipinski definition) is 0. The van der Waals surface area contributed by atoms with Gasteiger partial charge in [-0.05, 0) is 45.4 Å². The van der Waals surface area contributed by atoms with Gasteiger partial charge in [-0.1, -0.05) is 17.9 Å². The minimum atomic E-state index is -3.19. The molecule has 0 aliphatic rings. The van der Waals surface area contributed by atoms with Gasteiger partial charge in [-0.15, -0.1) is 11.6 Å². The molecule has 3 nitrogen and oxygen atoms in total. The summed E-state index contributed by atoms with van der Waals surface area (Å²) < 4.78 is 28.9. The number of ether oxygens (including phenoxy) is 1. The first-order valence-electron chi connectivity index (χ1n) is 6.68. The molecule has 0 heterocycles. The molecule has 1 aromatic carbocycles. The quantitative estimate of drug-likeness (QED) is 0.630. The predicted octanol–water partition coefficient (Wildman–Crippen LogP) is 3.18. The van der Waals surface area contributed by atoms with Gasteiger partial charge < -0.3 is 4.74 Å². The van der Waals surface area contributed by atoms with Crippen LogP contribution in [0.3, 0.4) is 0 Å². The molecule has 0 bridgehead atoms. The van der Waals surface area contributed by atoms with Gasteiger partial charge in [0.1, 0.15) is 12.4 Å². The second-order valence-electron chi connectivity index (χ2n) is 5.71. The summed E-state index contributed by atoms with van der Waals surface area (Å²) in [6.45, 7) is 7.13. The Labute approximate surface area is 132 Å². The van der Waals surface area contributed by atoms with Crippen molar-refractivity contribution in [2.24, 2.45) is 0 Å². The minimum absolute atomic E-state index is 0.0211. The van der Waals surface area contributed by atoms with Crippen molar-refractivity contribution in [3.63, 3.8) is 0 Å². The zero-order chi connectivity index (χ0) is 16.1. The molecular weight excluding hydrogens is 308 g/mol. The zero-order valence-electron chi connectivity index (χ0n) is 12.9. The Morgan fingerprint density at radius 2 is 1.95 bits per heavy atom. The zero-order valence-corrected chi connectivity index (χ0v) is 14.4. The van der Waals surface area contributed by atoms with Crippen LogP contribution in [0.25, 0.3) is 0 Å². The van der Waals surface area contributed by atoms with Crippen molar-refractivity contribution in [2.45, 2.75) is 32.4 Å². The minimum Gasteiger partial charge on any atom is -0.491 e. The van der Waals surface area contributed by atoms with E-state index in [1.165, 1.54) is 0 Å². The Morgan fingerprint density at radius 3 is 2.52 bits per heavy atom. The Morgan fingerprint density at radius 1 is 1.29 bits per heavy atom. The molecule has 0 saturated heterocycles. The lowest BCUT2D eigenvalue weighted by Gasteiger charge is -2.19. The molecule has 0 radical (unpaired) electrons. The topological polar surface area (TPSA) is 43.4 Å². The van der Waals surface area contributed by atoms with Gasteiger partial charge in [0.2, 0.25) is 0 Å². The molecule has 1 aromatic rings. The van der Waals surface area contributed by atoms with Gasteiger partial charge in [0, 0.05) is 0 Å². The van der Waals surface area contributed by atoms with Crippen LogP contribution in [-0.2, 0) is 9.84 Å². The molecule has 0 saturated carbocycles. The van der Waals surface area contributed by atoms with Gasteiger partial charge in [-0.2, -0.15) is 0 Å². The van der Waals surface area contributed by atoms with Crippen molar-refractivity contribution in [1.82, 2.24) is 0 Å². The van der Waals surface area contributed by atoms with Crippen molar-refractivity contribution in [3.8, 4) is 17.6 Å². The summed E-state index contributed by atoms with van der Waals surface area (Å²) in [7, 11) is -3.19. The molecule has 0 N–H and O–H groups in total. The van der Waals surface area contributed by atoms with Gasteiger partial charge >= 0.3 is 0 Å². The van der Waals surface area contributed by atoms with Crippen LogP contribution < -0.4 is 4.74 Å². The third-order valence-electron chi connectivity index (χ3n) is 2.97. The lowest BCUT2D eigenvalue weighted by molar-refractivity contribution is 0.339. The number of alkyl halides is 1. The normalized spacial score (nSPS) is 11.7. The lowest BCUT2D eigenvalue weighted by atomic mass is 10.1. The summed E-state index contributed by atoms with van der Waals surface area (Å²) in [5.41, 5.74) is 1.78. The van der Waals surface area contributed by atoms with E-state index in [0.29, 0.717) is 5.75 Å². The van der Waals surface area contributed by atoms with Gasteiger partial charge in [-0.25, -0.2) is 8.42 Å². The highest BCUT2D eigenvalue weighted by Gasteiger charge is 2.28. The molecule has 0 amide bonds. The van der Waals surface area contributed by atoms with E-state index in [-0.39, 0.29) is 18.2 Å². The molecule has 0 aliphatic heterocycles. The van der Waals surface area contributed by atoms with Gasteiger partial charge in [0.15, 0.2) is 9.84 Å². The van der Waals surface area contributed by atoms with E-state index in [4.69, 9.17) is 16.3 Å². The van der Waals surface area contributed by atoms with E-state index >= 15 is 0 Å². The third-order valence-corrected chi connectivity index (χ3v) is 5.67. The van der Waals surface area contributed by atoms with Crippen LogP contribution in [0.15, 0.2) is 18.2 Å². The van der Waals surface area contributed by atoms with Crippen LogP contribution in [-0.4, -0.2) is 31.4 Å². The number of benzene rings is 1. The van der Waals surface area contributed by atoms with E-state index in [2.05, 4.69) is 11.8 Å². The lowest BCUT2D eigenvalue weighted by Crippen LogP contribution is -2.32. The Hall–Kier alpha value is -1.18. The fourth-order valence-electron chi connectivity index (χ4n) is 1.56. The fraction of sp³-hybridized carbons (Fsp3) is 0.500. The average Bonchev–Trinajstić information content (AvgIpc) is 2.37. The maximum atomic E-state index is 12.0. The van der Waals surface area contributed by atoms with E-state index in [0.717, 1.165) is 11.1 Å². The summed E-state index contributed by atoms with van der Waals surface area (Å²) in [5, 5.41) is 0. The van der Waals surface area contributed by atoms with Gasteiger partial charge in [0.25, 0.3) is 0 Å². The van der Waals surface area contributed by atoms with Crippen LogP contribution >= 0.6 is 11.6 Å². The van der Waals surface area contributed by atoms with E-state index in [1.807, 2.05) is 19.1 Å². The van der Waals surface area contributed by atoms with E-state index in [1.54, 1.807) is 26.8 Å². The number of aryl methyl sites for hydroxylation is 1. The van der Waals surface area contributed by atoms with Crippen molar-refractivity contribution >= 4 is 21.4 Å². The first-order valence-corrected chi connectivity index (χ1v) is 8.86. The van der Waals surface area contributed by atoms with Crippen molar-refractivity contribution in [2.75, 3.05) is 18.2 Å². The number of hydrogen-bond acceptors (Lipinski definition) is 3. The molecule has 0 atom stereocenters. The van der Waals surface area contributed by atoms with Crippen molar-refractivity contribution in [1.29, 1.82) is 0 Å². The molecule has 1 rings (SSSR count). The number of sulfone groups is 1. The van der Waals surface area contributed by atoms with Crippen molar-refractivity contribution < 1.29 is 13.2 Å². The summed E-state index contributed by atoms with van der Waals surface area (Å²) in [6, 6.07) is 5.60. The number of rotatable bonds is 4. The standard InChI is InChI=1S/C16H21ClO3S/c1-13-7-8-15(14(12-13)6-5-9-17)20-10-11-21(18,19)16(2,3)4/h7-8,12H,9-11H2,1-4H3. The molecule has 5 heteroatoms. The maximum absolute atomic E-state index is 12.0. The highest BCUT2D eigenvalue weighted by molar-refractivity contribution is 7.92. The first kappa shape index (κ1) is 17.9. The summed E-state index contributed by atoms with van der Waals surface area (Å²) in [5.74, 6) is 6.51. The van der Waals surface area contributed by atoms with Crippen LogP contribution in [0.2, 0.25) is 0 Å². The third kappa shape index (κ3) is 5.26. The van der Waals surface area contributed by atoms with Crippen LogP contribution in [0.1, 0.15) is 31.9 Å². The SMILES string of the molecule is Cc1ccc(OCCS(=O)(=O)C(C)(C)C)c(C#CCCl)c1. The maximum Gasteiger partial charge on any atom is 0.158 e. The summed E-state index contributed by atoms with van der Waals surface area (Å²) >= 11 is 5.56. The molecule has 0 unspecified atom stereocenters. The monoisotopic (exact) mass is 328 g/mol. The summed E-state index contributed by atoms with van der Waals surface area (Å²) in [6.07, 6.45) is 0. The fourth-order valence-corrected chi connectivity index (χ4v) is 2.55. The highest BCUT2D eigenvalue weighted by Crippen LogP contribution is 2.20. The van der Waals surface area contributed by atoms with Crippen molar-refractivity contribution in [3.05, 3.63) is 29.3 Å². The van der Waals surface area contributed by atoms with Crippen LogP contribution in [0.5, 0.6) is 5.75 Å². The van der Waals surface area contributed by atoms with Gasteiger partial charge in [0.05, 0.1) is 21.9 Å². The highest BCUT2D eigenvalue weighted by atomic mass is 35.5. The van der Waals surface area contributed by atoms with Gasteiger partial charge in [-0.3, -0.25) is 0 Å². The first-order chi connectivity index (χ1) is 9.67. The Balaban J connectivity index is 2.81. The predicted molar refractivity (Wildman–Crippen MR) is 87.8 cm³/mol. The molecule has 0 aromatic heterocycles. The van der Waals surface area contributed by atoms with Crippen LogP contribution in [0, 0.1) is 18.8 Å². The molecule has 0 spiro atoms. The summed E-state index contributed by atoms with van der Waals surface area (Å²) in [4.78, 5) is 0. The smallest absolute Gasteiger partial charge is 0.158 e. The molecule has 21 heavy (non-hydrogen) atoms. The molecule has 0 aliphatic carbocycles. The second-order valence-corrected chi connectivity index (χ2v) is 8.84. The van der Waals surface area contributed by atoms with Crippen LogP contribution in [0.4, 0.5) is 0 Å². The average molecular weight is 329 g/mol.